The molecule has 2 aromatic rings. The Labute approximate surface area is 153 Å². The van der Waals surface area contributed by atoms with E-state index in [1.807, 2.05) is 61.5 Å². The summed E-state index contributed by atoms with van der Waals surface area (Å²) in [6.07, 6.45) is 3.63. The molecule has 0 heterocycles. The third-order valence-electron chi connectivity index (χ3n) is 3.54. The predicted molar refractivity (Wildman–Crippen MR) is 101 cm³/mol. The lowest BCUT2D eigenvalue weighted by Gasteiger charge is -2.07. The molecule has 0 saturated carbocycles. The van der Waals surface area contributed by atoms with Crippen LogP contribution in [-0.4, -0.2) is 31.6 Å². The van der Waals surface area contributed by atoms with E-state index in [-0.39, 0.29) is 12.5 Å². The van der Waals surface area contributed by atoms with Gasteiger partial charge in [-0.15, -0.1) is 0 Å². The fraction of sp³-hybridized carbons (Fsp3) is 0.238. The Balaban J connectivity index is 1.72. The first kappa shape index (κ1) is 19.2. The third-order valence-corrected chi connectivity index (χ3v) is 3.54. The lowest BCUT2D eigenvalue weighted by Crippen LogP contribution is -2.30. The van der Waals surface area contributed by atoms with Crippen LogP contribution in [0.5, 0.6) is 5.75 Å². The van der Waals surface area contributed by atoms with Gasteiger partial charge in [-0.3, -0.25) is 4.79 Å². The first-order valence-corrected chi connectivity index (χ1v) is 8.56. The Bertz CT molecular complexity index is 741. The van der Waals surface area contributed by atoms with Crippen molar-refractivity contribution in [3.05, 3.63) is 71.8 Å². The molecule has 0 atom stereocenters. The number of carbonyl (C=O) groups is 2. The minimum Gasteiger partial charge on any atom is -0.493 e. The number of benzene rings is 2. The van der Waals surface area contributed by atoms with Crippen molar-refractivity contribution in [2.45, 2.75) is 13.3 Å². The number of amides is 1. The third kappa shape index (κ3) is 6.81. The molecule has 0 saturated heterocycles. The molecule has 0 aliphatic carbocycles. The van der Waals surface area contributed by atoms with Crippen molar-refractivity contribution in [1.82, 2.24) is 5.32 Å². The Hall–Kier alpha value is -3.08. The smallest absolute Gasteiger partial charge is 0.331 e. The Morgan fingerprint density at radius 1 is 1.04 bits per heavy atom. The molecule has 0 fully saturated rings. The minimum absolute atomic E-state index is 0.301. The first-order chi connectivity index (χ1) is 12.7. The summed E-state index contributed by atoms with van der Waals surface area (Å²) in [5, 5.41) is 2.73. The summed E-state index contributed by atoms with van der Waals surface area (Å²) in [5.41, 5.74) is 1.92. The van der Waals surface area contributed by atoms with Crippen molar-refractivity contribution in [1.29, 1.82) is 0 Å². The van der Waals surface area contributed by atoms with Gasteiger partial charge in [-0.05, 0) is 31.1 Å². The number of hydrogen-bond acceptors (Lipinski definition) is 4. The highest BCUT2D eigenvalue weighted by Crippen LogP contribution is 2.19. The van der Waals surface area contributed by atoms with E-state index in [1.54, 1.807) is 6.08 Å². The average Bonchev–Trinajstić information content (AvgIpc) is 2.67. The molecule has 0 bridgehead atoms. The van der Waals surface area contributed by atoms with E-state index >= 15 is 0 Å². The van der Waals surface area contributed by atoms with E-state index in [0.29, 0.717) is 18.9 Å². The summed E-state index contributed by atoms with van der Waals surface area (Å²) in [6.45, 7) is 2.63. The number of hydrogen-bond donors (Lipinski definition) is 1. The van der Waals surface area contributed by atoms with Crippen molar-refractivity contribution in [3.8, 4) is 5.75 Å². The Morgan fingerprint density at radius 3 is 2.54 bits per heavy atom. The molecule has 1 amide bonds. The van der Waals surface area contributed by atoms with E-state index in [1.165, 1.54) is 6.08 Å². The summed E-state index contributed by atoms with van der Waals surface area (Å²) < 4.78 is 10.4. The van der Waals surface area contributed by atoms with Crippen LogP contribution in [-0.2, 0) is 20.7 Å². The topological polar surface area (TPSA) is 64.6 Å². The molecule has 5 nitrogen and oxygen atoms in total. The zero-order chi connectivity index (χ0) is 18.6. The average molecular weight is 353 g/mol. The van der Waals surface area contributed by atoms with Gasteiger partial charge in [-0.2, -0.15) is 0 Å². The number of ether oxygens (including phenoxy) is 2. The van der Waals surface area contributed by atoms with E-state index in [0.717, 1.165) is 17.5 Å². The van der Waals surface area contributed by atoms with Crippen LogP contribution >= 0.6 is 0 Å². The van der Waals surface area contributed by atoms with Crippen molar-refractivity contribution < 1.29 is 19.1 Å². The molecule has 2 aromatic carbocycles. The van der Waals surface area contributed by atoms with Gasteiger partial charge in [0, 0.05) is 18.2 Å². The molecule has 0 aliphatic rings. The van der Waals surface area contributed by atoms with Crippen LogP contribution in [0.25, 0.3) is 6.08 Å². The summed E-state index contributed by atoms with van der Waals surface area (Å²) in [4.78, 5) is 23.5. The highest BCUT2D eigenvalue weighted by Gasteiger charge is 2.05. The van der Waals surface area contributed by atoms with Crippen LogP contribution in [0.3, 0.4) is 0 Å². The minimum atomic E-state index is -0.575. The van der Waals surface area contributed by atoms with Gasteiger partial charge >= 0.3 is 5.97 Å². The maximum absolute atomic E-state index is 11.8. The first-order valence-electron chi connectivity index (χ1n) is 8.56. The summed E-state index contributed by atoms with van der Waals surface area (Å²) in [6, 6.07) is 17.2. The van der Waals surface area contributed by atoms with Gasteiger partial charge in [-0.25, -0.2) is 4.79 Å². The highest BCUT2D eigenvalue weighted by molar-refractivity contribution is 5.89. The lowest BCUT2D eigenvalue weighted by atomic mass is 10.1. The second-order valence-corrected chi connectivity index (χ2v) is 5.50. The van der Waals surface area contributed by atoms with Crippen molar-refractivity contribution in [2.24, 2.45) is 0 Å². The molecule has 0 unspecified atom stereocenters. The SMILES string of the molecule is CCOc1ccccc1/C=C/C(=O)OCC(=O)NCCc1ccccc1. The van der Waals surface area contributed by atoms with Crippen LogP contribution in [0.1, 0.15) is 18.1 Å². The van der Waals surface area contributed by atoms with Crippen molar-refractivity contribution >= 4 is 18.0 Å². The van der Waals surface area contributed by atoms with E-state index in [2.05, 4.69) is 5.32 Å². The van der Waals surface area contributed by atoms with Gasteiger partial charge in [0.15, 0.2) is 6.61 Å². The van der Waals surface area contributed by atoms with Gasteiger partial charge in [-0.1, -0.05) is 48.5 Å². The quantitative estimate of drug-likeness (QED) is 0.556. The monoisotopic (exact) mass is 353 g/mol. The maximum Gasteiger partial charge on any atom is 0.331 e. The molecule has 5 heteroatoms. The summed E-state index contributed by atoms with van der Waals surface area (Å²) >= 11 is 0. The predicted octanol–water partition coefficient (Wildman–Crippen LogP) is 3.00. The van der Waals surface area contributed by atoms with E-state index in [4.69, 9.17) is 9.47 Å². The van der Waals surface area contributed by atoms with Crippen LogP contribution < -0.4 is 10.1 Å². The number of para-hydroxylation sites is 1. The van der Waals surface area contributed by atoms with Gasteiger partial charge in [0.1, 0.15) is 5.75 Å². The number of esters is 1. The second kappa shape index (κ2) is 10.7. The fourth-order valence-corrected chi connectivity index (χ4v) is 2.29. The number of rotatable bonds is 9. The summed E-state index contributed by atoms with van der Waals surface area (Å²) in [7, 11) is 0. The molecule has 0 spiro atoms. The number of carbonyl (C=O) groups excluding carboxylic acids is 2. The summed E-state index contributed by atoms with van der Waals surface area (Å²) in [5.74, 6) is -0.204. The van der Waals surface area contributed by atoms with Gasteiger partial charge in [0.25, 0.3) is 5.91 Å². The van der Waals surface area contributed by atoms with Crippen molar-refractivity contribution in [3.63, 3.8) is 0 Å². The zero-order valence-electron chi connectivity index (χ0n) is 14.8. The maximum atomic E-state index is 11.8. The zero-order valence-corrected chi connectivity index (χ0v) is 14.8. The number of nitrogens with one attached hydrogen (secondary N) is 1. The molecule has 2 rings (SSSR count). The molecular weight excluding hydrogens is 330 g/mol. The molecule has 1 N–H and O–H groups in total. The van der Waals surface area contributed by atoms with Crippen LogP contribution in [0.15, 0.2) is 60.7 Å². The van der Waals surface area contributed by atoms with Gasteiger partial charge < -0.3 is 14.8 Å². The molecule has 0 aromatic heterocycles. The fourth-order valence-electron chi connectivity index (χ4n) is 2.29. The largest absolute Gasteiger partial charge is 0.493 e. The molecule has 136 valence electrons. The van der Waals surface area contributed by atoms with Gasteiger partial charge in [0.2, 0.25) is 0 Å². The van der Waals surface area contributed by atoms with E-state index < -0.39 is 5.97 Å². The van der Waals surface area contributed by atoms with E-state index in [9.17, 15) is 9.59 Å². The Morgan fingerprint density at radius 2 is 1.77 bits per heavy atom. The van der Waals surface area contributed by atoms with Gasteiger partial charge in [0.05, 0.1) is 6.61 Å². The lowest BCUT2D eigenvalue weighted by molar-refractivity contribution is -0.143. The van der Waals surface area contributed by atoms with Crippen molar-refractivity contribution in [2.75, 3.05) is 19.8 Å². The second-order valence-electron chi connectivity index (χ2n) is 5.50. The molecule has 0 radical (unpaired) electrons. The molecule has 0 aliphatic heterocycles. The molecular formula is C21H23NO4. The normalized spacial score (nSPS) is 10.5. The highest BCUT2D eigenvalue weighted by atomic mass is 16.5. The standard InChI is InChI=1S/C21H23NO4/c1-2-25-19-11-7-6-10-18(19)12-13-21(24)26-16-20(23)22-15-14-17-8-4-3-5-9-17/h3-13H,2,14-16H2,1H3,(H,22,23)/b13-12+. The van der Waals surface area contributed by atoms with Crippen LogP contribution in [0, 0.1) is 0 Å². The molecule has 26 heavy (non-hydrogen) atoms. The Kier molecular flexibility index (Phi) is 7.93. The van der Waals surface area contributed by atoms with Crippen LogP contribution in [0.4, 0.5) is 0 Å². The van der Waals surface area contributed by atoms with Crippen LogP contribution in [0.2, 0.25) is 0 Å².